The highest BCUT2D eigenvalue weighted by Crippen LogP contribution is 2.19. The van der Waals surface area contributed by atoms with Crippen molar-refractivity contribution < 1.29 is 0 Å². The molecule has 1 N–H and O–H groups in total. The van der Waals surface area contributed by atoms with E-state index in [9.17, 15) is 0 Å². The first kappa shape index (κ1) is 14.3. The third-order valence-corrected chi connectivity index (χ3v) is 4.15. The highest BCUT2D eigenvalue weighted by atomic mass is 35.5. The number of nitrogens with one attached hydrogen (secondary N) is 1. The summed E-state index contributed by atoms with van der Waals surface area (Å²) in [5.41, 5.74) is 0. The van der Waals surface area contributed by atoms with Gasteiger partial charge >= 0.3 is 0 Å². The summed E-state index contributed by atoms with van der Waals surface area (Å²) in [6, 6.07) is 6.11. The maximum atomic E-state index is 6.01. The van der Waals surface area contributed by atoms with Crippen molar-refractivity contribution in [1.82, 2.24) is 9.97 Å². The van der Waals surface area contributed by atoms with E-state index >= 15 is 0 Å². The molecule has 0 aliphatic carbocycles. The third kappa shape index (κ3) is 4.18. The smallest absolute Gasteiger partial charge is 0.134 e. The molecule has 0 aromatic carbocycles. The Morgan fingerprint density at radius 3 is 2.68 bits per heavy atom. The van der Waals surface area contributed by atoms with Crippen LogP contribution in [0.1, 0.15) is 35.8 Å². The lowest BCUT2D eigenvalue weighted by atomic mass is 10.3. The summed E-state index contributed by atoms with van der Waals surface area (Å²) in [5, 5.41) is 3.81. The number of rotatable bonds is 6. The quantitative estimate of drug-likeness (QED) is 0.807. The Bertz CT molecular complexity index is 539. The molecule has 0 fully saturated rings. The highest BCUT2D eigenvalue weighted by Gasteiger charge is 2.04. The molecular weight excluding hydrogens is 278 g/mol. The summed E-state index contributed by atoms with van der Waals surface area (Å²) in [7, 11) is 0. The lowest BCUT2D eigenvalue weighted by molar-refractivity contribution is 0.834. The van der Waals surface area contributed by atoms with E-state index in [2.05, 4.69) is 41.3 Å². The lowest BCUT2D eigenvalue weighted by Gasteiger charge is -2.06. The summed E-state index contributed by atoms with van der Waals surface area (Å²) in [6.07, 6.45) is 2.96. The Labute approximate surface area is 123 Å². The summed E-state index contributed by atoms with van der Waals surface area (Å²) < 4.78 is 0. The van der Waals surface area contributed by atoms with Crippen LogP contribution in [0, 0.1) is 0 Å². The molecule has 0 bridgehead atoms. The van der Waals surface area contributed by atoms with Crippen molar-refractivity contribution in [1.29, 1.82) is 0 Å². The molecule has 102 valence electrons. The van der Waals surface area contributed by atoms with Crippen molar-refractivity contribution >= 4 is 28.8 Å². The van der Waals surface area contributed by atoms with Gasteiger partial charge in [0.15, 0.2) is 0 Å². The molecule has 0 radical (unpaired) electrons. The molecule has 2 aromatic heterocycles. The van der Waals surface area contributed by atoms with Gasteiger partial charge in [-0.1, -0.05) is 25.4 Å². The molecule has 2 heterocycles. The molecule has 2 aromatic rings. The molecule has 19 heavy (non-hydrogen) atoms. The Balaban J connectivity index is 2.02. The van der Waals surface area contributed by atoms with Crippen molar-refractivity contribution in [3.05, 3.63) is 38.9 Å². The van der Waals surface area contributed by atoms with Crippen LogP contribution in [0.3, 0.4) is 0 Å². The van der Waals surface area contributed by atoms with Crippen LogP contribution in [0.5, 0.6) is 0 Å². The van der Waals surface area contributed by atoms with Crippen molar-refractivity contribution in [2.45, 2.75) is 39.7 Å². The third-order valence-electron chi connectivity index (χ3n) is 2.72. The number of nitrogens with zero attached hydrogens (tertiary/aromatic N) is 2. The van der Waals surface area contributed by atoms with Gasteiger partial charge in [0.05, 0.1) is 6.54 Å². The van der Waals surface area contributed by atoms with Crippen LogP contribution >= 0.6 is 22.9 Å². The van der Waals surface area contributed by atoms with Crippen LogP contribution < -0.4 is 5.32 Å². The maximum Gasteiger partial charge on any atom is 0.134 e. The van der Waals surface area contributed by atoms with E-state index in [1.54, 1.807) is 6.07 Å². The number of aryl methyl sites for hydroxylation is 2. The Morgan fingerprint density at radius 2 is 2.00 bits per heavy atom. The monoisotopic (exact) mass is 295 g/mol. The Kier molecular flexibility index (Phi) is 5.16. The number of thiophene rings is 1. The van der Waals surface area contributed by atoms with Gasteiger partial charge < -0.3 is 5.32 Å². The fourth-order valence-electron chi connectivity index (χ4n) is 1.78. The molecule has 0 spiro atoms. The van der Waals surface area contributed by atoms with E-state index in [0.29, 0.717) is 5.15 Å². The molecule has 5 heteroatoms. The van der Waals surface area contributed by atoms with Gasteiger partial charge in [-0.3, -0.25) is 0 Å². The molecule has 2 rings (SSSR count). The molecule has 0 saturated carbocycles. The van der Waals surface area contributed by atoms with Gasteiger partial charge in [0.25, 0.3) is 0 Å². The zero-order valence-electron chi connectivity index (χ0n) is 11.2. The van der Waals surface area contributed by atoms with Gasteiger partial charge in [0.2, 0.25) is 0 Å². The molecule has 0 aliphatic rings. The van der Waals surface area contributed by atoms with E-state index in [0.717, 1.165) is 37.4 Å². The predicted molar refractivity (Wildman–Crippen MR) is 82.1 cm³/mol. The van der Waals surface area contributed by atoms with Crippen LogP contribution in [0.25, 0.3) is 0 Å². The van der Waals surface area contributed by atoms with Crippen LogP contribution in [0.4, 0.5) is 5.82 Å². The van der Waals surface area contributed by atoms with Crippen molar-refractivity contribution in [3.8, 4) is 0 Å². The van der Waals surface area contributed by atoms with Crippen LogP contribution in [-0.4, -0.2) is 9.97 Å². The fourth-order valence-corrected chi connectivity index (χ4v) is 2.87. The fraction of sp³-hybridized carbons (Fsp3) is 0.429. The van der Waals surface area contributed by atoms with Gasteiger partial charge in [0, 0.05) is 22.2 Å². The lowest BCUT2D eigenvalue weighted by Crippen LogP contribution is -2.03. The largest absolute Gasteiger partial charge is 0.365 e. The predicted octanol–water partition coefficient (Wildman–Crippen LogP) is 4.32. The molecule has 0 amide bonds. The topological polar surface area (TPSA) is 37.8 Å². The second kappa shape index (κ2) is 6.87. The highest BCUT2D eigenvalue weighted by molar-refractivity contribution is 7.12. The summed E-state index contributed by atoms with van der Waals surface area (Å²) >= 11 is 7.84. The normalized spacial score (nSPS) is 10.7. The van der Waals surface area contributed by atoms with E-state index < -0.39 is 0 Å². The van der Waals surface area contributed by atoms with Crippen LogP contribution in [0.2, 0.25) is 5.15 Å². The number of hydrogen-bond acceptors (Lipinski definition) is 4. The Morgan fingerprint density at radius 1 is 1.21 bits per heavy atom. The van der Waals surface area contributed by atoms with E-state index in [1.807, 2.05) is 11.3 Å². The van der Waals surface area contributed by atoms with Gasteiger partial charge in [-0.05, 0) is 25.0 Å². The van der Waals surface area contributed by atoms with E-state index in [1.165, 1.54) is 9.75 Å². The van der Waals surface area contributed by atoms with Gasteiger partial charge in [0.1, 0.15) is 16.8 Å². The molecular formula is C14H18ClN3S. The van der Waals surface area contributed by atoms with Gasteiger partial charge in [-0.25, -0.2) is 9.97 Å². The average Bonchev–Trinajstić information content (AvgIpc) is 2.84. The number of hydrogen-bond donors (Lipinski definition) is 1. The molecule has 0 atom stereocenters. The van der Waals surface area contributed by atoms with Crippen LogP contribution in [0.15, 0.2) is 18.2 Å². The first-order valence-electron chi connectivity index (χ1n) is 6.56. The van der Waals surface area contributed by atoms with Gasteiger partial charge in [-0.15, -0.1) is 11.3 Å². The second-order valence-electron chi connectivity index (χ2n) is 4.32. The van der Waals surface area contributed by atoms with E-state index in [4.69, 9.17) is 11.6 Å². The summed E-state index contributed by atoms with van der Waals surface area (Å²) in [5.74, 6) is 1.60. The van der Waals surface area contributed by atoms with Crippen molar-refractivity contribution in [3.63, 3.8) is 0 Å². The maximum absolute atomic E-state index is 6.01. The number of halogens is 1. The first-order valence-corrected chi connectivity index (χ1v) is 7.75. The second-order valence-corrected chi connectivity index (χ2v) is 5.96. The Hall–Kier alpha value is -1.13. The zero-order valence-corrected chi connectivity index (χ0v) is 12.8. The summed E-state index contributed by atoms with van der Waals surface area (Å²) in [6.45, 7) is 5.06. The molecule has 3 nitrogen and oxygen atoms in total. The van der Waals surface area contributed by atoms with Crippen LogP contribution in [-0.2, 0) is 19.4 Å². The SMILES string of the molecule is CCCc1nc(Cl)cc(NCc2ccc(CC)s2)n1. The van der Waals surface area contributed by atoms with Gasteiger partial charge in [-0.2, -0.15) is 0 Å². The minimum absolute atomic E-state index is 0.501. The zero-order chi connectivity index (χ0) is 13.7. The standard InChI is InChI=1S/C14H18ClN3S/c1-3-5-13-17-12(15)8-14(18-13)16-9-11-7-6-10(4-2)19-11/h6-8H,3-5,9H2,1-2H3,(H,16,17,18). The minimum atomic E-state index is 0.501. The molecule has 0 saturated heterocycles. The van der Waals surface area contributed by atoms with E-state index in [-0.39, 0.29) is 0 Å². The number of anilines is 1. The van der Waals surface area contributed by atoms with Crippen molar-refractivity contribution in [2.24, 2.45) is 0 Å². The minimum Gasteiger partial charge on any atom is -0.365 e. The number of aromatic nitrogens is 2. The molecule has 0 aliphatic heterocycles. The summed E-state index contributed by atoms with van der Waals surface area (Å²) in [4.78, 5) is 11.4. The molecule has 0 unspecified atom stereocenters. The first-order chi connectivity index (χ1) is 9.21. The van der Waals surface area contributed by atoms with Crippen molar-refractivity contribution in [2.75, 3.05) is 5.32 Å². The average molecular weight is 296 g/mol.